The number of benzene rings is 2. The summed E-state index contributed by atoms with van der Waals surface area (Å²) in [5.41, 5.74) is 5.52. The minimum absolute atomic E-state index is 0.263. The SMILES string of the molecule is CCCCCCCCCCc1cc(C)cc(-c2cc(C)cc(C)c2O)c1O. The van der Waals surface area contributed by atoms with Gasteiger partial charge in [0.1, 0.15) is 11.5 Å². The molecule has 0 aliphatic carbocycles. The molecule has 0 unspecified atom stereocenters. The van der Waals surface area contributed by atoms with Crippen molar-refractivity contribution in [1.29, 1.82) is 0 Å². The molecule has 0 aliphatic rings. The van der Waals surface area contributed by atoms with Gasteiger partial charge in [0, 0.05) is 11.1 Å². The van der Waals surface area contributed by atoms with Crippen molar-refractivity contribution in [2.45, 2.75) is 85.5 Å². The maximum absolute atomic E-state index is 10.9. The van der Waals surface area contributed by atoms with Gasteiger partial charge in [-0.25, -0.2) is 0 Å². The van der Waals surface area contributed by atoms with Crippen LogP contribution in [0.1, 0.15) is 80.5 Å². The third-order valence-electron chi connectivity index (χ3n) is 5.37. The largest absolute Gasteiger partial charge is 0.507 e. The van der Waals surface area contributed by atoms with Crippen LogP contribution in [0.25, 0.3) is 11.1 Å². The van der Waals surface area contributed by atoms with Crippen molar-refractivity contribution in [2.75, 3.05) is 0 Å². The van der Waals surface area contributed by atoms with Crippen LogP contribution >= 0.6 is 0 Å². The first-order chi connectivity index (χ1) is 12.9. The maximum atomic E-state index is 10.9. The Labute approximate surface area is 165 Å². The second-order valence-corrected chi connectivity index (χ2v) is 8.02. The number of phenolic OH excluding ortho intramolecular Hbond substituents is 2. The minimum atomic E-state index is 0.263. The zero-order valence-electron chi connectivity index (χ0n) is 17.6. The van der Waals surface area contributed by atoms with Crippen LogP contribution in [0.3, 0.4) is 0 Å². The van der Waals surface area contributed by atoms with E-state index in [0.29, 0.717) is 5.75 Å². The Morgan fingerprint density at radius 2 is 1.15 bits per heavy atom. The van der Waals surface area contributed by atoms with Crippen LogP contribution in [0.4, 0.5) is 0 Å². The molecule has 2 nitrogen and oxygen atoms in total. The zero-order valence-corrected chi connectivity index (χ0v) is 17.6. The molecule has 0 aromatic heterocycles. The lowest BCUT2D eigenvalue weighted by Gasteiger charge is -2.15. The van der Waals surface area contributed by atoms with Gasteiger partial charge in [-0.05, 0) is 68.0 Å². The van der Waals surface area contributed by atoms with E-state index in [1.807, 2.05) is 32.0 Å². The molecule has 0 fully saturated rings. The van der Waals surface area contributed by atoms with Crippen molar-refractivity contribution in [3.8, 4) is 22.6 Å². The first kappa shape index (κ1) is 21.3. The summed E-state index contributed by atoms with van der Waals surface area (Å²) in [5, 5.41) is 21.4. The fourth-order valence-electron chi connectivity index (χ4n) is 3.86. The Hall–Kier alpha value is -1.96. The Balaban J connectivity index is 2.06. The molecule has 0 saturated heterocycles. The van der Waals surface area contributed by atoms with E-state index in [4.69, 9.17) is 0 Å². The molecule has 2 N–H and O–H groups in total. The third-order valence-corrected chi connectivity index (χ3v) is 5.37. The van der Waals surface area contributed by atoms with E-state index in [1.165, 1.54) is 44.9 Å². The van der Waals surface area contributed by atoms with Gasteiger partial charge in [-0.1, -0.05) is 64.0 Å². The van der Waals surface area contributed by atoms with Crippen molar-refractivity contribution in [1.82, 2.24) is 0 Å². The van der Waals surface area contributed by atoms with Crippen LogP contribution in [0.5, 0.6) is 11.5 Å². The molecule has 0 atom stereocenters. The van der Waals surface area contributed by atoms with Gasteiger partial charge >= 0.3 is 0 Å². The average molecular weight is 369 g/mol. The second-order valence-electron chi connectivity index (χ2n) is 8.02. The van der Waals surface area contributed by atoms with Gasteiger partial charge in [0.2, 0.25) is 0 Å². The third kappa shape index (κ3) is 6.02. The van der Waals surface area contributed by atoms with Crippen molar-refractivity contribution in [3.63, 3.8) is 0 Å². The summed E-state index contributed by atoms with van der Waals surface area (Å²) < 4.78 is 0. The summed E-state index contributed by atoms with van der Waals surface area (Å²) in [5.74, 6) is 0.586. The summed E-state index contributed by atoms with van der Waals surface area (Å²) in [7, 11) is 0. The van der Waals surface area contributed by atoms with Crippen molar-refractivity contribution >= 4 is 0 Å². The number of aryl methyl sites for hydroxylation is 4. The van der Waals surface area contributed by atoms with Crippen LogP contribution in [0.2, 0.25) is 0 Å². The van der Waals surface area contributed by atoms with Crippen LogP contribution in [-0.2, 0) is 6.42 Å². The van der Waals surface area contributed by atoms with Gasteiger partial charge in [0.05, 0.1) is 0 Å². The van der Waals surface area contributed by atoms with Crippen molar-refractivity contribution in [2.24, 2.45) is 0 Å². The zero-order chi connectivity index (χ0) is 19.8. The topological polar surface area (TPSA) is 40.5 Å². The Bertz CT molecular complexity index is 746. The molecule has 2 rings (SSSR count). The first-order valence-electron chi connectivity index (χ1n) is 10.6. The maximum Gasteiger partial charge on any atom is 0.126 e. The van der Waals surface area contributed by atoms with Crippen molar-refractivity contribution in [3.05, 3.63) is 46.5 Å². The molecule has 0 bridgehead atoms. The van der Waals surface area contributed by atoms with E-state index in [0.717, 1.165) is 46.2 Å². The van der Waals surface area contributed by atoms with E-state index in [2.05, 4.69) is 19.9 Å². The van der Waals surface area contributed by atoms with Gasteiger partial charge in [0.25, 0.3) is 0 Å². The molecule has 148 valence electrons. The number of rotatable bonds is 10. The Morgan fingerprint density at radius 3 is 1.78 bits per heavy atom. The number of unbranched alkanes of at least 4 members (excludes halogenated alkanes) is 7. The summed E-state index contributed by atoms with van der Waals surface area (Å²) in [6.45, 7) is 8.23. The molecule has 2 aromatic rings. The van der Waals surface area contributed by atoms with Gasteiger partial charge < -0.3 is 10.2 Å². The lowest BCUT2D eigenvalue weighted by Crippen LogP contribution is -1.93. The molecule has 0 radical (unpaired) electrons. The van der Waals surface area contributed by atoms with Crippen LogP contribution in [0.15, 0.2) is 24.3 Å². The molecule has 0 aliphatic heterocycles. The number of hydrogen-bond donors (Lipinski definition) is 2. The monoisotopic (exact) mass is 368 g/mol. The predicted molar refractivity (Wildman–Crippen MR) is 116 cm³/mol. The summed E-state index contributed by atoms with van der Waals surface area (Å²) in [6.07, 6.45) is 11.2. The normalized spacial score (nSPS) is 11.1. The molecule has 0 spiro atoms. The molecular weight excluding hydrogens is 332 g/mol. The highest BCUT2D eigenvalue weighted by atomic mass is 16.3. The molecule has 27 heavy (non-hydrogen) atoms. The fourth-order valence-corrected chi connectivity index (χ4v) is 3.86. The van der Waals surface area contributed by atoms with Crippen LogP contribution in [-0.4, -0.2) is 10.2 Å². The molecule has 0 saturated carbocycles. The molecule has 2 heteroatoms. The molecular formula is C25H36O2. The first-order valence-corrected chi connectivity index (χ1v) is 10.6. The Morgan fingerprint density at radius 1 is 0.630 bits per heavy atom. The smallest absolute Gasteiger partial charge is 0.126 e. The summed E-state index contributed by atoms with van der Waals surface area (Å²) >= 11 is 0. The quantitative estimate of drug-likeness (QED) is 0.430. The highest BCUT2D eigenvalue weighted by Gasteiger charge is 2.15. The van der Waals surface area contributed by atoms with Gasteiger partial charge in [-0.2, -0.15) is 0 Å². The van der Waals surface area contributed by atoms with E-state index >= 15 is 0 Å². The van der Waals surface area contributed by atoms with Gasteiger partial charge in [-0.15, -0.1) is 0 Å². The predicted octanol–water partition coefficient (Wildman–Crippen LogP) is 7.37. The van der Waals surface area contributed by atoms with Crippen LogP contribution < -0.4 is 0 Å². The Kier molecular flexibility index (Phi) is 8.22. The van der Waals surface area contributed by atoms with Crippen molar-refractivity contribution < 1.29 is 10.2 Å². The van der Waals surface area contributed by atoms with Gasteiger partial charge in [0.15, 0.2) is 0 Å². The van der Waals surface area contributed by atoms with E-state index < -0.39 is 0 Å². The van der Waals surface area contributed by atoms with E-state index in [1.54, 1.807) is 0 Å². The van der Waals surface area contributed by atoms with Gasteiger partial charge in [-0.3, -0.25) is 0 Å². The average Bonchev–Trinajstić information content (AvgIpc) is 2.63. The summed E-state index contributed by atoms with van der Waals surface area (Å²) in [6, 6.07) is 7.98. The number of phenols is 2. The molecule has 2 aromatic carbocycles. The van der Waals surface area contributed by atoms with E-state index in [9.17, 15) is 10.2 Å². The minimum Gasteiger partial charge on any atom is -0.507 e. The molecule has 0 heterocycles. The molecule has 0 amide bonds. The number of aromatic hydroxyl groups is 2. The number of hydrogen-bond acceptors (Lipinski definition) is 2. The fraction of sp³-hybridized carbons (Fsp3) is 0.520. The standard InChI is InChI=1S/C25H36O2/c1-5-6-7-8-9-10-11-12-13-21-15-19(3)17-23(25(21)27)22-16-18(2)14-20(4)24(22)26/h14-17,26-27H,5-13H2,1-4H3. The lowest BCUT2D eigenvalue weighted by molar-refractivity contribution is 0.461. The summed E-state index contributed by atoms with van der Waals surface area (Å²) in [4.78, 5) is 0. The highest BCUT2D eigenvalue weighted by molar-refractivity contribution is 5.78. The van der Waals surface area contributed by atoms with E-state index in [-0.39, 0.29) is 5.75 Å². The lowest BCUT2D eigenvalue weighted by atomic mass is 9.93. The second kappa shape index (κ2) is 10.4. The highest BCUT2D eigenvalue weighted by Crippen LogP contribution is 2.40. The van der Waals surface area contributed by atoms with Crippen LogP contribution in [0, 0.1) is 20.8 Å².